The highest BCUT2D eigenvalue weighted by atomic mass is 35.5. The van der Waals surface area contributed by atoms with Crippen LogP contribution in [0.3, 0.4) is 0 Å². The predicted molar refractivity (Wildman–Crippen MR) is 107 cm³/mol. The molecule has 3 heterocycles. The molecule has 0 amide bonds. The Morgan fingerprint density at radius 2 is 2.11 bits per heavy atom. The minimum atomic E-state index is 0.290. The van der Waals surface area contributed by atoms with Crippen molar-refractivity contribution < 1.29 is 9.47 Å². The Hall–Kier alpha value is -1.92. The van der Waals surface area contributed by atoms with Crippen molar-refractivity contribution in [3.8, 4) is 17.1 Å². The third kappa shape index (κ3) is 5.78. The molecule has 0 aliphatic carbocycles. The molecule has 0 saturated carbocycles. The maximum absolute atomic E-state index is 6.38. The number of nitrogens with zero attached hydrogens (tertiary/aromatic N) is 3. The zero-order chi connectivity index (χ0) is 19.2. The number of pyridine rings is 1. The first-order valence-corrected chi connectivity index (χ1v) is 9.84. The van der Waals surface area contributed by atoms with E-state index in [-0.39, 0.29) is 6.04 Å². The lowest BCUT2D eigenvalue weighted by Crippen LogP contribution is -2.19. The maximum Gasteiger partial charge on any atom is 0.232 e. The van der Waals surface area contributed by atoms with Crippen LogP contribution in [0.5, 0.6) is 5.88 Å². The smallest absolute Gasteiger partial charge is 0.232 e. The molecule has 6 nitrogen and oxygen atoms in total. The molecule has 2 aromatic rings. The van der Waals surface area contributed by atoms with Crippen LogP contribution in [0.15, 0.2) is 24.7 Å². The van der Waals surface area contributed by atoms with Crippen molar-refractivity contribution in [1.29, 1.82) is 0 Å². The first kappa shape index (κ1) is 19.8. The first-order valence-electron chi connectivity index (χ1n) is 9.46. The third-order valence-electron chi connectivity index (χ3n) is 4.43. The molecule has 2 aromatic heterocycles. The molecule has 0 spiro atoms. The predicted octanol–water partition coefficient (Wildman–Crippen LogP) is 4.45. The van der Waals surface area contributed by atoms with Gasteiger partial charge in [-0.3, -0.25) is 0 Å². The van der Waals surface area contributed by atoms with Crippen LogP contribution in [-0.4, -0.2) is 40.8 Å². The highest BCUT2D eigenvalue weighted by molar-refractivity contribution is 6.32. The fourth-order valence-electron chi connectivity index (χ4n) is 3.22. The number of anilines is 1. The van der Waals surface area contributed by atoms with Crippen LogP contribution in [0.2, 0.25) is 5.02 Å². The Morgan fingerprint density at radius 1 is 1.26 bits per heavy atom. The van der Waals surface area contributed by atoms with E-state index in [1.807, 2.05) is 12.1 Å². The number of nitrogens with one attached hydrogen (secondary N) is 1. The Morgan fingerprint density at radius 3 is 2.81 bits per heavy atom. The lowest BCUT2D eigenvalue weighted by atomic mass is 10.00. The zero-order valence-corrected chi connectivity index (χ0v) is 16.9. The monoisotopic (exact) mass is 390 g/mol. The van der Waals surface area contributed by atoms with Gasteiger partial charge in [0.05, 0.1) is 24.9 Å². The summed E-state index contributed by atoms with van der Waals surface area (Å²) in [5, 5.41) is 3.86. The van der Waals surface area contributed by atoms with Gasteiger partial charge in [0.2, 0.25) is 5.88 Å². The lowest BCUT2D eigenvalue weighted by Gasteiger charge is -2.15. The summed E-state index contributed by atoms with van der Waals surface area (Å²) in [6, 6.07) is 4.02. The minimum absolute atomic E-state index is 0.290. The second kappa shape index (κ2) is 9.33. The molecule has 2 atom stereocenters. The van der Waals surface area contributed by atoms with Crippen LogP contribution >= 0.6 is 11.6 Å². The van der Waals surface area contributed by atoms with Gasteiger partial charge in [-0.2, -0.15) is 0 Å². The molecule has 1 fully saturated rings. The average Bonchev–Trinajstić information content (AvgIpc) is 3.13. The van der Waals surface area contributed by atoms with E-state index in [1.54, 1.807) is 12.5 Å². The van der Waals surface area contributed by atoms with Crippen LogP contribution in [0.25, 0.3) is 11.3 Å². The molecule has 1 aliphatic rings. The van der Waals surface area contributed by atoms with Crippen molar-refractivity contribution in [2.75, 3.05) is 25.1 Å². The summed E-state index contributed by atoms with van der Waals surface area (Å²) >= 11 is 6.38. The van der Waals surface area contributed by atoms with Crippen molar-refractivity contribution >= 4 is 17.4 Å². The number of rotatable bonds is 8. The summed E-state index contributed by atoms with van der Waals surface area (Å²) < 4.78 is 11.2. The second-order valence-corrected chi connectivity index (χ2v) is 7.96. The number of ether oxygens (including phenoxy) is 2. The van der Waals surface area contributed by atoms with E-state index >= 15 is 0 Å². The Kier molecular flexibility index (Phi) is 6.85. The van der Waals surface area contributed by atoms with Crippen LogP contribution in [0.1, 0.15) is 33.6 Å². The van der Waals surface area contributed by atoms with Crippen LogP contribution < -0.4 is 10.1 Å². The summed E-state index contributed by atoms with van der Waals surface area (Å²) in [4.78, 5) is 13.0. The number of aromatic nitrogens is 3. The largest absolute Gasteiger partial charge is 0.476 e. The zero-order valence-electron chi connectivity index (χ0n) is 16.1. The number of halogens is 1. The SMILES string of the molecule is CC(C)C[C@@H](C)COc1ncc(-c2cc(NC3CCOC3)ncn2)cc1Cl. The summed E-state index contributed by atoms with van der Waals surface area (Å²) in [6.45, 7) is 8.69. The summed E-state index contributed by atoms with van der Waals surface area (Å²) in [5.74, 6) is 2.34. The molecule has 146 valence electrons. The maximum atomic E-state index is 6.38. The van der Waals surface area contributed by atoms with Gasteiger partial charge >= 0.3 is 0 Å². The van der Waals surface area contributed by atoms with Gasteiger partial charge < -0.3 is 14.8 Å². The summed E-state index contributed by atoms with van der Waals surface area (Å²) in [7, 11) is 0. The van der Waals surface area contributed by atoms with E-state index in [4.69, 9.17) is 21.1 Å². The van der Waals surface area contributed by atoms with Gasteiger partial charge in [-0.15, -0.1) is 0 Å². The molecule has 0 aromatic carbocycles. The standard InChI is InChI=1S/C20H27ClN4O2/c1-13(2)6-14(3)10-27-20-17(21)7-15(9-22-20)18-8-19(24-12-23-18)25-16-4-5-26-11-16/h7-9,12-14,16H,4-6,10-11H2,1-3H3,(H,23,24,25)/t14-,16?/m1/s1. The minimum Gasteiger partial charge on any atom is -0.476 e. The van der Waals surface area contributed by atoms with Crippen LogP contribution in [0, 0.1) is 11.8 Å². The molecule has 0 radical (unpaired) electrons. The molecule has 7 heteroatoms. The van der Waals surface area contributed by atoms with Gasteiger partial charge in [0.1, 0.15) is 17.2 Å². The van der Waals surface area contributed by atoms with Gasteiger partial charge in [0.25, 0.3) is 0 Å². The van der Waals surface area contributed by atoms with E-state index in [1.165, 1.54) is 0 Å². The quantitative estimate of drug-likeness (QED) is 0.717. The lowest BCUT2D eigenvalue weighted by molar-refractivity contribution is 0.195. The topological polar surface area (TPSA) is 69.2 Å². The van der Waals surface area contributed by atoms with E-state index < -0.39 is 0 Å². The van der Waals surface area contributed by atoms with Crippen molar-refractivity contribution in [3.63, 3.8) is 0 Å². The fourth-order valence-corrected chi connectivity index (χ4v) is 3.44. The van der Waals surface area contributed by atoms with Gasteiger partial charge in [-0.1, -0.05) is 32.4 Å². The highest BCUT2D eigenvalue weighted by Gasteiger charge is 2.16. The van der Waals surface area contributed by atoms with E-state index in [2.05, 4.69) is 41.0 Å². The molecule has 1 saturated heterocycles. The van der Waals surface area contributed by atoms with Gasteiger partial charge in [0.15, 0.2) is 0 Å². The summed E-state index contributed by atoms with van der Waals surface area (Å²) in [5.41, 5.74) is 1.59. The molecular formula is C20H27ClN4O2. The highest BCUT2D eigenvalue weighted by Crippen LogP contribution is 2.28. The van der Waals surface area contributed by atoms with E-state index in [0.717, 1.165) is 36.5 Å². The van der Waals surface area contributed by atoms with Gasteiger partial charge in [-0.05, 0) is 30.7 Å². The molecule has 3 rings (SSSR count). The third-order valence-corrected chi connectivity index (χ3v) is 4.70. The molecule has 1 N–H and O–H groups in total. The van der Waals surface area contributed by atoms with Gasteiger partial charge in [-0.25, -0.2) is 15.0 Å². The average molecular weight is 391 g/mol. The Balaban J connectivity index is 1.66. The normalized spacial score (nSPS) is 17.9. The van der Waals surface area contributed by atoms with E-state index in [9.17, 15) is 0 Å². The van der Waals surface area contributed by atoms with Crippen LogP contribution in [-0.2, 0) is 4.74 Å². The summed E-state index contributed by atoms with van der Waals surface area (Å²) in [6.07, 6.45) is 5.37. The number of hydrogen-bond donors (Lipinski definition) is 1. The second-order valence-electron chi connectivity index (χ2n) is 7.55. The van der Waals surface area contributed by atoms with Crippen LogP contribution in [0.4, 0.5) is 5.82 Å². The molecule has 1 unspecified atom stereocenters. The van der Waals surface area contributed by atoms with Crippen molar-refractivity contribution in [3.05, 3.63) is 29.7 Å². The molecular weight excluding hydrogens is 364 g/mol. The molecule has 1 aliphatic heterocycles. The number of hydrogen-bond acceptors (Lipinski definition) is 6. The fraction of sp³-hybridized carbons (Fsp3) is 0.550. The van der Waals surface area contributed by atoms with Gasteiger partial charge in [0, 0.05) is 24.4 Å². The van der Waals surface area contributed by atoms with Crippen molar-refractivity contribution in [2.45, 2.75) is 39.7 Å². The van der Waals surface area contributed by atoms with Crippen molar-refractivity contribution in [1.82, 2.24) is 15.0 Å². The molecule has 0 bridgehead atoms. The Labute approximate surface area is 165 Å². The van der Waals surface area contributed by atoms with Crippen molar-refractivity contribution in [2.24, 2.45) is 11.8 Å². The van der Waals surface area contributed by atoms with E-state index in [0.29, 0.717) is 36.0 Å². The molecule has 27 heavy (non-hydrogen) atoms. The Bertz CT molecular complexity index is 751. The first-order chi connectivity index (χ1) is 13.0.